The van der Waals surface area contributed by atoms with E-state index >= 15 is 0 Å². The Bertz CT molecular complexity index is 629. The average molecular weight is 382 g/mol. The highest BCUT2D eigenvalue weighted by molar-refractivity contribution is 7.87. The Morgan fingerprint density at radius 3 is 2.32 bits per heavy atom. The van der Waals surface area contributed by atoms with Crippen LogP contribution in [-0.4, -0.2) is 26.0 Å². The van der Waals surface area contributed by atoms with Gasteiger partial charge in [0.05, 0.1) is 0 Å². The molecule has 0 amide bonds. The van der Waals surface area contributed by atoms with Crippen LogP contribution in [0.15, 0.2) is 30.3 Å². The minimum Gasteiger partial charge on any atom is -0.459 e. The highest BCUT2D eigenvalue weighted by atomic mass is 32.2. The number of alkyl halides is 3. The lowest BCUT2D eigenvalue weighted by Gasteiger charge is -2.17. The topological polar surface area (TPSA) is 69.7 Å². The predicted molar refractivity (Wildman–Crippen MR) is 84.8 cm³/mol. The Balaban J connectivity index is 2.73. The fourth-order valence-corrected chi connectivity index (χ4v) is 2.58. The summed E-state index contributed by atoms with van der Waals surface area (Å²) in [4.78, 5) is 12.0. The largest absolute Gasteiger partial charge is 0.523 e. The van der Waals surface area contributed by atoms with Crippen molar-refractivity contribution in [1.82, 2.24) is 0 Å². The Kier molecular flexibility index (Phi) is 8.37. The van der Waals surface area contributed by atoms with Gasteiger partial charge in [0, 0.05) is 0 Å². The van der Waals surface area contributed by atoms with Crippen LogP contribution in [0.1, 0.15) is 44.6 Å². The van der Waals surface area contributed by atoms with E-state index in [2.05, 4.69) is 4.18 Å². The van der Waals surface area contributed by atoms with Crippen LogP contribution in [0.2, 0.25) is 0 Å². The van der Waals surface area contributed by atoms with Crippen molar-refractivity contribution < 1.29 is 35.3 Å². The zero-order chi connectivity index (χ0) is 18.9. The van der Waals surface area contributed by atoms with Crippen LogP contribution in [0.4, 0.5) is 13.2 Å². The Morgan fingerprint density at radius 1 is 1.12 bits per heavy atom. The molecule has 0 fully saturated rings. The summed E-state index contributed by atoms with van der Waals surface area (Å²) in [6.45, 7) is 1.76. The van der Waals surface area contributed by atoms with Crippen molar-refractivity contribution in [2.45, 2.75) is 57.2 Å². The first-order valence-corrected chi connectivity index (χ1v) is 9.28. The van der Waals surface area contributed by atoms with E-state index < -0.39 is 27.7 Å². The summed E-state index contributed by atoms with van der Waals surface area (Å²) in [6.07, 6.45) is 0.721. The molecule has 0 saturated carbocycles. The maximum atomic E-state index is 12.5. The van der Waals surface area contributed by atoms with Crippen LogP contribution in [0.5, 0.6) is 0 Å². The molecule has 9 heteroatoms. The van der Waals surface area contributed by atoms with E-state index in [0.717, 1.165) is 12.8 Å². The first kappa shape index (κ1) is 21.4. The Labute approximate surface area is 145 Å². The SMILES string of the molecule is CCCCCCC(OS(=O)(=O)C(F)(F)F)C(=O)OCc1ccccc1. The number of ether oxygens (including phenoxy) is 1. The van der Waals surface area contributed by atoms with E-state index in [-0.39, 0.29) is 13.0 Å². The Morgan fingerprint density at radius 2 is 1.76 bits per heavy atom. The number of halogens is 3. The minimum absolute atomic E-state index is 0.164. The molecular weight excluding hydrogens is 361 g/mol. The molecule has 0 saturated heterocycles. The molecule has 0 bridgehead atoms. The number of rotatable bonds is 10. The predicted octanol–water partition coefficient (Wildman–Crippen LogP) is 3.94. The maximum absolute atomic E-state index is 12.5. The van der Waals surface area contributed by atoms with Gasteiger partial charge in [-0.25, -0.2) is 8.98 Å². The molecule has 1 unspecified atom stereocenters. The molecule has 1 rings (SSSR count). The van der Waals surface area contributed by atoms with Gasteiger partial charge in [0.25, 0.3) is 0 Å². The highest BCUT2D eigenvalue weighted by Gasteiger charge is 2.49. The zero-order valence-electron chi connectivity index (χ0n) is 13.8. The lowest BCUT2D eigenvalue weighted by Crippen LogP contribution is -2.35. The molecule has 1 aromatic carbocycles. The lowest BCUT2D eigenvalue weighted by atomic mass is 10.1. The lowest BCUT2D eigenvalue weighted by molar-refractivity contribution is -0.154. The van der Waals surface area contributed by atoms with Crippen molar-refractivity contribution in [2.75, 3.05) is 0 Å². The third-order valence-corrected chi connectivity index (χ3v) is 4.39. The average Bonchev–Trinajstić information content (AvgIpc) is 2.55. The summed E-state index contributed by atoms with van der Waals surface area (Å²) < 4.78 is 68.8. The number of benzene rings is 1. The van der Waals surface area contributed by atoms with Crippen LogP contribution in [-0.2, 0) is 30.4 Å². The van der Waals surface area contributed by atoms with Crippen molar-refractivity contribution in [2.24, 2.45) is 0 Å². The van der Waals surface area contributed by atoms with Crippen molar-refractivity contribution in [3.8, 4) is 0 Å². The van der Waals surface area contributed by atoms with E-state index in [1.165, 1.54) is 0 Å². The fraction of sp³-hybridized carbons (Fsp3) is 0.562. The van der Waals surface area contributed by atoms with Crippen LogP contribution in [0.25, 0.3) is 0 Å². The van der Waals surface area contributed by atoms with Crippen LogP contribution < -0.4 is 0 Å². The van der Waals surface area contributed by atoms with Crippen molar-refractivity contribution in [3.05, 3.63) is 35.9 Å². The summed E-state index contributed by atoms with van der Waals surface area (Å²) in [5.74, 6) is -1.13. The van der Waals surface area contributed by atoms with Gasteiger partial charge in [0.1, 0.15) is 6.61 Å². The van der Waals surface area contributed by atoms with Crippen LogP contribution in [0, 0.1) is 0 Å². The van der Waals surface area contributed by atoms with Crippen molar-refractivity contribution in [3.63, 3.8) is 0 Å². The molecular formula is C16H21F3O5S. The quantitative estimate of drug-likeness (QED) is 0.265. The molecule has 0 spiro atoms. The van der Waals surface area contributed by atoms with E-state index in [1.807, 2.05) is 6.92 Å². The normalized spacial score (nSPS) is 13.4. The first-order valence-electron chi connectivity index (χ1n) is 7.87. The summed E-state index contributed by atoms with van der Waals surface area (Å²) in [7, 11) is -5.87. The number of hydrogen-bond donors (Lipinski definition) is 0. The first-order chi connectivity index (χ1) is 11.7. The maximum Gasteiger partial charge on any atom is 0.523 e. The van der Waals surface area contributed by atoms with Gasteiger partial charge in [-0.2, -0.15) is 21.6 Å². The molecule has 0 aromatic heterocycles. The van der Waals surface area contributed by atoms with E-state index in [1.54, 1.807) is 30.3 Å². The molecule has 25 heavy (non-hydrogen) atoms. The summed E-state index contributed by atoms with van der Waals surface area (Å²) in [6, 6.07) is 8.49. The van der Waals surface area contributed by atoms with Crippen molar-refractivity contribution >= 4 is 16.1 Å². The molecule has 1 aromatic rings. The van der Waals surface area contributed by atoms with Gasteiger partial charge in [0.15, 0.2) is 6.10 Å². The molecule has 0 N–H and O–H groups in total. The van der Waals surface area contributed by atoms with E-state index in [0.29, 0.717) is 18.4 Å². The second kappa shape index (κ2) is 9.76. The molecule has 0 radical (unpaired) electrons. The number of carbonyl (C=O) groups excluding carboxylic acids is 1. The standard InChI is InChI=1S/C16H21F3O5S/c1-2-3-4-8-11-14(24-25(21,22)16(17,18)19)15(20)23-12-13-9-6-5-7-10-13/h5-7,9-10,14H,2-4,8,11-12H2,1H3. The number of carbonyl (C=O) groups is 1. The van der Waals surface area contributed by atoms with Gasteiger partial charge in [-0.15, -0.1) is 0 Å². The van der Waals surface area contributed by atoms with Crippen molar-refractivity contribution in [1.29, 1.82) is 0 Å². The number of esters is 1. The third-order valence-electron chi connectivity index (χ3n) is 3.33. The zero-order valence-corrected chi connectivity index (χ0v) is 14.6. The summed E-state index contributed by atoms with van der Waals surface area (Å²) >= 11 is 0. The second-order valence-electron chi connectivity index (χ2n) is 5.43. The van der Waals surface area contributed by atoms with Gasteiger partial charge >= 0.3 is 21.6 Å². The molecule has 1 atom stereocenters. The van der Waals surface area contributed by atoms with Gasteiger partial charge in [0.2, 0.25) is 0 Å². The minimum atomic E-state index is -5.87. The molecule has 0 aliphatic rings. The Hall–Kier alpha value is -1.61. The second-order valence-corrected chi connectivity index (χ2v) is 6.99. The van der Waals surface area contributed by atoms with Crippen LogP contribution >= 0.6 is 0 Å². The smallest absolute Gasteiger partial charge is 0.459 e. The summed E-state index contributed by atoms with van der Waals surface area (Å²) in [5, 5.41) is 0. The number of hydrogen-bond acceptors (Lipinski definition) is 5. The molecule has 142 valence electrons. The van der Waals surface area contributed by atoms with Gasteiger partial charge in [-0.3, -0.25) is 0 Å². The van der Waals surface area contributed by atoms with Gasteiger partial charge in [-0.05, 0) is 12.0 Å². The van der Waals surface area contributed by atoms with Gasteiger partial charge < -0.3 is 4.74 Å². The molecule has 0 heterocycles. The fourth-order valence-electron chi connectivity index (χ4n) is 1.99. The van der Waals surface area contributed by atoms with E-state index in [9.17, 15) is 26.4 Å². The molecule has 5 nitrogen and oxygen atoms in total. The molecule has 0 aliphatic carbocycles. The van der Waals surface area contributed by atoms with Crippen LogP contribution in [0.3, 0.4) is 0 Å². The number of unbranched alkanes of at least 4 members (excludes halogenated alkanes) is 3. The van der Waals surface area contributed by atoms with E-state index in [4.69, 9.17) is 4.74 Å². The summed E-state index contributed by atoms with van der Waals surface area (Å²) in [5.41, 5.74) is -4.96. The third kappa shape index (κ3) is 7.43. The van der Waals surface area contributed by atoms with Gasteiger partial charge in [-0.1, -0.05) is 62.9 Å². The monoisotopic (exact) mass is 382 g/mol. The highest BCUT2D eigenvalue weighted by Crippen LogP contribution is 2.27. The molecule has 0 aliphatic heterocycles.